The van der Waals surface area contributed by atoms with Crippen molar-refractivity contribution in [2.24, 2.45) is 5.41 Å². The molecule has 1 aliphatic carbocycles. The second-order valence-electron chi connectivity index (χ2n) is 6.87. The third-order valence-corrected chi connectivity index (χ3v) is 4.28. The van der Waals surface area contributed by atoms with Crippen LogP contribution in [0.15, 0.2) is 29.7 Å². The summed E-state index contributed by atoms with van der Waals surface area (Å²) < 4.78 is 0. The maximum absolute atomic E-state index is 12.7. The highest BCUT2D eigenvalue weighted by atomic mass is 16.1. The number of nitrogens with one attached hydrogen (secondary N) is 2. The quantitative estimate of drug-likeness (QED) is 0.869. The number of carbonyl (C=O) groups is 1. The summed E-state index contributed by atoms with van der Waals surface area (Å²) in [6.07, 6.45) is 7.16. The van der Waals surface area contributed by atoms with Crippen molar-refractivity contribution in [3.05, 3.63) is 29.7 Å². The van der Waals surface area contributed by atoms with E-state index in [9.17, 15) is 4.79 Å². The van der Waals surface area contributed by atoms with Crippen molar-refractivity contribution < 1.29 is 4.79 Å². The molecule has 1 aromatic rings. The molecular weight excluding hydrogens is 262 g/mol. The molecule has 2 aliphatic rings. The Morgan fingerprint density at radius 3 is 2.90 bits per heavy atom. The smallest absolute Gasteiger partial charge is 0.163 e. The van der Waals surface area contributed by atoms with Crippen LogP contribution in [0, 0.1) is 5.41 Å². The largest absolute Gasteiger partial charge is 0.376 e. The maximum atomic E-state index is 12.7. The van der Waals surface area contributed by atoms with Gasteiger partial charge in [0.2, 0.25) is 0 Å². The Kier molecular flexibility index (Phi) is 3.47. The average molecular weight is 285 g/mol. The SMILES string of the molecule is CCCC1Nc2ccncc2NC2=C1C(=O)CC(C)(C)C2. The van der Waals surface area contributed by atoms with E-state index < -0.39 is 0 Å². The maximum Gasteiger partial charge on any atom is 0.163 e. The van der Waals surface area contributed by atoms with Gasteiger partial charge in [0.05, 0.1) is 23.6 Å². The van der Waals surface area contributed by atoms with E-state index in [1.807, 2.05) is 12.3 Å². The number of Topliss-reactive ketones (excluding diaryl/α,β-unsaturated/α-hetero) is 1. The van der Waals surface area contributed by atoms with Gasteiger partial charge in [0.25, 0.3) is 0 Å². The summed E-state index contributed by atoms with van der Waals surface area (Å²) in [4.78, 5) is 16.9. The molecular formula is C17H23N3O. The van der Waals surface area contributed by atoms with E-state index in [1.165, 1.54) is 0 Å². The van der Waals surface area contributed by atoms with Gasteiger partial charge < -0.3 is 10.6 Å². The van der Waals surface area contributed by atoms with Crippen molar-refractivity contribution in [1.29, 1.82) is 0 Å². The van der Waals surface area contributed by atoms with E-state index in [2.05, 4.69) is 36.4 Å². The first kappa shape index (κ1) is 14.1. The molecule has 0 spiro atoms. The molecule has 112 valence electrons. The highest BCUT2D eigenvalue weighted by Crippen LogP contribution is 2.41. The van der Waals surface area contributed by atoms with Crippen molar-refractivity contribution in [3.8, 4) is 0 Å². The fraction of sp³-hybridized carbons (Fsp3) is 0.529. The average Bonchev–Trinajstić information content (AvgIpc) is 2.53. The van der Waals surface area contributed by atoms with Gasteiger partial charge in [0.1, 0.15) is 0 Å². The Balaban J connectivity index is 2.07. The van der Waals surface area contributed by atoms with Crippen LogP contribution in [0.5, 0.6) is 0 Å². The third kappa shape index (κ3) is 2.67. The summed E-state index contributed by atoms with van der Waals surface area (Å²) in [5.74, 6) is 0.278. The van der Waals surface area contributed by atoms with Crippen LogP contribution in [-0.4, -0.2) is 16.8 Å². The van der Waals surface area contributed by atoms with Gasteiger partial charge in [0, 0.05) is 23.9 Å². The Morgan fingerprint density at radius 1 is 1.33 bits per heavy atom. The molecule has 0 aromatic carbocycles. The van der Waals surface area contributed by atoms with Crippen LogP contribution in [-0.2, 0) is 4.79 Å². The van der Waals surface area contributed by atoms with Crippen LogP contribution in [0.4, 0.5) is 11.4 Å². The van der Waals surface area contributed by atoms with Crippen molar-refractivity contribution in [2.75, 3.05) is 10.6 Å². The van der Waals surface area contributed by atoms with Gasteiger partial charge in [-0.05, 0) is 24.3 Å². The van der Waals surface area contributed by atoms with E-state index in [0.717, 1.165) is 41.9 Å². The van der Waals surface area contributed by atoms with Crippen LogP contribution in [0.2, 0.25) is 0 Å². The number of ketones is 1. The minimum absolute atomic E-state index is 0.0202. The van der Waals surface area contributed by atoms with E-state index >= 15 is 0 Å². The second-order valence-corrected chi connectivity index (χ2v) is 6.87. The van der Waals surface area contributed by atoms with Gasteiger partial charge >= 0.3 is 0 Å². The lowest BCUT2D eigenvalue weighted by atomic mass is 9.74. The number of nitrogens with zero attached hydrogens (tertiary/aromatic N) is 1. The molecule has 2 N–H and O–H groups in total. The second kappa shape index (κ2) is 5.17. The minimum Gasteiger partial charge on any atom is -0.376 e. The zero-order valence-electron chi connectivity index (χ0n) is 13.0. The van der Waals surface area contributed by atoms with Crippen molar-refractivity contribution in [1.82, 2.24) is 4.98 Å². The Bertz CT molecular complexity index is 604. The van der Waals surface area contributed by atoms with Gasteiger partial charge in [0.15, 0.2) is 5.78 Å². The molecule has 1 aliphatic heterocycles. The molecule has 4 heteroatoms. The molecule has 0 radical (unpaired) electrons. The molecule has 0 fully saturated rings. The molecule has 0 saturated carbocycles. The van der Waals surface area contributed by atoms with E-state index in [4.69, 9.17) is 0 Å². The summed E-state index contributed by atoms with van der Waals surface area (Å²) >= 11 is 0. The molecule has 1 atom stereocenters. The summed E-state index contributed by atoms with van der Waals surface area (Å²) in [6, 6.07) is 2.07. The topological polar surface area (TPSA) is 54.0 Å². The van der Waals surface area contributed by atoms with Crippen molar-refractivity contribution in [2.45, 2.75) is 52.5 Å². The molecule has 0 amide bonds. The zero-order valence-corrected chi connectivity index (χ0v) is 13.0. The lowest BCUT2D eigenvalue weighted by Gasteiger charge is -2.34. The fourth-order valence-electron chi connectivity index (χ4n) is 3.40. The Morgan fingerprint density at radius 2 is 2.14 bits per heavy atom. The lowest BCUT2D eigenvalue weighted by molar-refractivity contribution is -0.118. The van der Waals surface area contributed by atoms with E-state index in [0.29, 0.717) is 6.42 Å². The minimum atomic E-state index is 0.0202. The van der Waals surface area contributed by atoms with Gasteiger partial charge in [-0.1, -0.05) is 27.2 Å². The monoisotopic (exact) mass is 285 g/mol. The lowest BCUT2D eigenvalue weighted by Crippen LogP contribution is -2.34. The van der Waals surface area contributed by atoms with Crippen molar-refractivity contribution >= 4 is 17.2 Å². The number of fused-ring (bicyclic) bond motifs is 1. The molecule has 4 nitrogen and oxygen atoms in total. The molecule has 0 saturated heterocycles. The first-order valence-electron chi connectivity index (χ1n) is 7.74. The molecule has 2 heterocycles. The van der Waals surface area contributed by atoms with Gasteiger partial charge in [-0.15, -0.1) is 0 Å². The first-order chi connectivity index (χ1) is 10.00. The van der Waals surface area contributed by atoms with Crippen molar-refractivity contribution in [3.63, 3.8) is 0 Å². The fourth-order valence-corrected chi connectivity index (χ4v) is 3.40. The first-order valence-corrected chi connectivity index (χ1v) is 7.74. The zero-order chi connectivity index (χ0) is 15.0. The number of rotatable bonds is 2. The molecule has 21 heavy (non-hydrogen) atoms. The molecule has 3 rings (SSSR count). The van der Waals surface area contributed by atoms with Crippen LogP contribution in [0.3, 0.4) is 0 Å². The number of pyridine rings is 1. The number of hydrogen-bond acceptors (Lipinski definition) is 4. The number of aromatic nitrogens is 1. The molecule has 0 bridgehead atoms. The van der Waals surface area contributed by atoms with Gasteiger partial charge in [-0.25, -0.2) is 0 Å². The summed E-state index contributed by atoms with van der Waals surface area (Å²) in [6.45, 7) is 6.48. The Hall–Kier alpha value is -1.84. The van der Waals surface area contributed by atoms with Crippen LogP contribution >= 0.6 is 0 Å². The van der Waals surface area contributed by atoms with E-state index in [-0.39, 0.29) is 17.2 Å². The van der Waals surface area contributed by atoms with Gasteiger partial charge in [-0.3, -0.25) is 9.78 Å². The predicted molar refractivity (Wildman–Crippen MR) is 85.2 cm³/mol. The summed E-state index contributed by atoms with van der Waals surface area (Å²) in [5.41, 5.74) is 4.05. The highest BCUT2D eigenvalue weighted by molar-refractivity contribution is 6.00. The van der Waals surface area contributed by atoms with Gasteiger partial charge in [-0.2, -0.15) is 0 Å². The normalized spacial score (nSPS) is 23.6. The van der Waals surface area contributed by atoms with Crippen LogP contribution < -0.4 is 10.6 Å². The number of allylic oxidation sites excluding steroid dienone is 1. The third-order valence-electron chi connectivity index (χ3n) is 4.28. The number of carbonyl (C=O) groups excluding carboxylic acids is 1. The number of hydrogen-bond donors (Lipinski definition) is 2. The van der Waals surface area contributed by atoms with E-state index in [1.54, 1.807) is 6.20 Å². The highest BCUT2D eigenvalue weighted by Gasteiger charge is 2.37. The predicted octanol–water partition coefficient (Wildman–Crippen LogP) is 3.73. The standard InChI is InChI=1S/C17H23N3O/c1-4-5-12-16-13(8-17(2,3)9-15(16)21)20-14-10-18-7-6-11(14)19-12/h6-7,10,12,19-20H,4-5,8-9H2,1-3H3. The Labute approximate surface area is 126 Å². The number of anilines is 2. The van der Waals surface area contributed by atoms with Crippen LogP contribution in [0.1, 0.15) is 46.5 Å². The summed E-state index contributed by atoms with van der Waals surface area (Å²) in [7, 11) is 0. The van der Waals surface area contributed by atoms with Crippen LogP contribution in [0.25, 0.3) is 0 Å². The molecule has 1 aromatic heterocycles. The molecule has 1 unspecified atom stereocenters. The summed E-state index contributed by atoms with van der Waals surface area (Å²) in [5, 5.41) is 7.01.